The van der Waals surface area contributed by atoms with Crippen LogP contribution in [0.3, 0.4) is 0 Å². The highest BCUT2D eigenvalue weighted by Crippen LogP contribution is 2.20. The predicted molar refractivity (Wildman–Crippen MR) is 122 cm³/mol. The molecule has 0 heterocycles. The first kappa shape index (κ1) is 27.9. The van der Waals surface area contributed by atoms with E-state index in [-0.39, 0.29) is 18.6 Å². The second-order valence-electron chi connectivity index (χ2n) is 6.76. The van der Waals surface area contributed by atoms with Crippen LogP contribution in [0.2, 0.25) is 0 Å². The van der Waals surface area contributed by atoms with E-state index in [2.05, 4.69) is 19.1 Å². The average Bonchev–Trinajstić information content (AvgIpc) is 2.70. The second-order valence-corrected chi connectivity index (χ2v) is 7.92. The van der Waals surface area contributed by atoms with Crippen molar-refractivity contribution < 1.29 is 29.7 Å². The Morgan fingerprint density at radius 2 is 1.67 bits per heavy atom. The zero-order chi connectivity index (χ0) is 22.6. The molecule has 2 unspecified atom stereocenters. The lowest BCUT2D eigenvalue weighted by Gasteiger charge is -2.18. The number of carboxylic acid groups (broad SMARTS) is 2. The first-order valence-electron chi connectivity index (χ1n) is 10.3. The van der Waals surface area contributed by atoms with Crippen molar-refractivity contribution in [3.63, 3.8) is 0 Å². The first-order chi connectivity index (χ1) is 14.4. The molecular formula is C23H34O6S. The Kier molecular flexibility index (Phi) is 17.5. The summed E-state index contributed by atoms with van der Waals surface area (Å²) in [5.74, 6) is -3.63. The van der Waals surface area contributed by atoms with Crippen LogP contribution in [0.5, 0.6) is 0 Å². The largest absolute Gasteiger partial charge is 0.481 e. The van der Waals surface area contributed by atoms with Crippen molar-refractivity contribution in [2.75, 3.05) is 5.75 Å². The standard InChI is InChI=1S/C23H34O6S/c1-2-3-4-5-6-7-8-9-10-11-12-13-16-21(30-18-20(25)23(28)29)19(24)15-14-17-22(26)27/h6-7,9-13,16,19,21,24H,2-5,8,14-15,17-18H2,1H3,(H,26,27)(H,28,29). The van der Waals surface area contributed by atoms with Gasteiger partial charge in [-0.3, -0.25) is 9.59 Å². The third-order valence-electron chi connectivity index (χ3n) is 4.10. The molecule has 0 radical (unpaired) electrons. The minimum atomic E-state index is -1.50. The van der Waals surface area contributed by atoms with Gasteiger partial charge in [-0.2, -0.15) is 0 Å². The van der Waals surface area contributed by atoms with Gasteiger partial charge in [0.25, 0.3) is 0 Å². The van der Waals surface area contributed by atoms with Gasteiger partial charge in [-0.05, 0) is 32.1 Å². The number of ketones is 1. The maximum absolute atomic E-state index is 11.3. The number of aliphatic carboxylic acids is 2. The number of rotatable bonds is 18. The number of carboxylic acids is 2. The van der Waals surface area contributed by atoms with Gasteiger partial charge in [0.05, 0.1) is 11.9 Å². The van der Waals surface area contributed by atoms with Gasteiger partial charge >= 0.3 is 11.9 Å². The molecule has 0 amide bonds. The number of carbonyl (C=O) groups is 3. The third kappa shape index (κ3) is 16.8. The van der Waals surface area contributed by atoms with E-state index in [1.165, 1.54) is 19.3 Å². The molecule has 0 spiro atoms. The minimum Gasteiger partial charge on any atom is -0.481 e. The van der Waals surface area contributed by atoms with Crippen molar-refractivity contribution in [3.05, 3.63) is 48.6 Å². The lowest BCUT2D eigenvalue weighted by Crippen LogP contribution is -2.24. The van der Waals surface area contributed by atoms with Gasteiger partial charge in [-0.15, -0.1) is 11.8 Å². The van der Waals surface area contributed by atoms with Crippen LogP contribution in [0.1, 0.15) is 58.3 Å². The molecule has 0 aliphatic rings. The molecule has 0 saturated carbocycles. The fourth-order valence-electron chi connectivity index (χ4n) is 2.42. The molecule has 3 N–H and O–H groups in total. The van der Waals surface area contributed by atoms with Gasteiger partial charge in [0.15, 0.2) is 0 Å². The average molecular weight is 439 g/mol. The van der Waals surface area contributed by atoms with E-state index in [9.17, 15) is 19.5 Å². The second kappa shape index (κ2) is 18.9. The van der Waals surface area contributed by atoms with Crippen LogP contribution in [0.4, 0.5) is 0 Å². The van der Waals surface area contributed by atoms with Crippen LogP contribution >= 0.6 is 11.8 Å². The summed E-state index contributed by atoms with van der Waals surface area (Å²) in [6.45, 7) is 2.18. The number of thioether (sulfide) groups is 1. The Balaban J connectivity index is 4.53. The highest BCUT2D eigenvalue weighted by atomic mass is 32.2. The molecule has 0 fully saturated rings. The fourth-order valence-corrected chi connectivity index (χ4v) is 3.45. The number of allylic oxidation sites excluding steroid dienone is 7. The molecule has 0 bridgehead atoms. The topological polar surface area (TPSA) is 112 Å². The van der Waals surface area contributed by atoms with Gasteiger partial charge in [0.2, 0.25) is 5.78 Å². The molecule has 0 aromatic carbocycles. The van der Waals surface area contributed by atoms with Crippen molar-refractivity contribution in [1.82, 2.24) is 0 Å². The van der Waals surface area contributed by atoms with E-state index in [0.29, 0.717) is 6.42 Å². The molecule has 30 heavy (non-hydrogen) atoms. The number of carbonyl (C=O) groups excluding carboxylic acids is 1. The van der Waals surface area contributed by atoms with Gasteiger partial charge in [0.1, 0.15) is 0 Å². The molecular weight excluding hydrogens is 404 g/mol. The highest BCUT2D eigenvalue weighted by Gasteiger charge is 2.20. The Bertz CT molecular complexity index is 621. The highest BCUT2D eigenvalue weighted by molar-refractivity contribution is 8.00. The van der Waals surface area contributed by atoms with Crippen LogP contribution in [0.25, 0.3) is 0 Å². The molecule has 2 atom stereocenters. The summed E-state index contributed by atoms with van der Waals surface area (Å²) in [6, 6.07) is 0. The van der Waals surface area contributed by atoms with Gasteiger partial charge in [-0.25, -0.2) is 4.79 Å². The van der Waals surface area contributed by atoms with Crippen LogP contribution < -0.4 is 0 Å². The minimum absolute atomic E-state index is 0.0516. The van der Waals surface area contributed by atoms with Crippen LogP contribution in [0, 0.1) is 0 Å². The number of aliphatic hydroxyl groups excluding tert-OH is 1. The molecule has 0 aromatic rings. The van der Waals surface area contributed by atoms with Crippen LogP contribution in [-0.2, 0) is 14.4 Å². The summed E-state index contributed by atoms with van der Waals surface area (Å²) >= 11 is 1.03. The fraction of sp³-hybridized carbons (Fsp3) is 0.522. The molecule has 0 aliphatic carbocycles. The third-order valence-corrected chi connectivity index (χ3v) is 5.38. The molecule has 0 rings (SSSR count). The maximum atomic E-state index is 11.3. The summed E-state index contributed by atoms with van der Waals surface area (Å²) in [5, 5.41) is 27.2. The summed E-state index contributed by atoms with van der Waals surface area (Å²) < 4.78 is 0. The van der Waals surface area contributed by atoms with E-state index in [0.717, 1.165) is 24.6 Å². The Morgan fingerprint density at radius 1 is 0.933 bits per heavy atom. The SMILES string of the molecule is CCCCCC=CCC=CC=CC=CC(SCC(=O)C(=O)O)C(O)CCCC(=O)O. The monoisotopic (exact) mass is 438 g/mol. The number of unbranched alkanes of at least 4 members (excludes halogenated alkanes) is 3. The van der Waals surface area contributed by atoms with Gasteiger partial charge in [0, 0.05) is 11.7 Å². The smallest absolute Gasteiger partial charge is 0.373 e. The van der Waals surface area contributed by atoms with Crippen molar-refractivity contribution in [3.8, 4) is 0 Å². The maximum Gasteiger partial charge on any atom is 0.373 e. The quantitative estimate of drug-likeness (QED) is 0.124. The Morgan fingerprint density at radius 3 is 2.33 bits per heavy atom. The first-order valence-corrected chi connectivity index (χ1v) is 11.4. The molecule has 0 aromatic heterocycles. The lowest BCUT2D eigenvalue weighted by molar-refractivity contribution is -0.147. The predicted octanol–water partition coefficient (Wildman–Crippen LogP) is 4.55. The summed E-state index contributed by atoms with van der Waals surface area (Å²) in [7, 11) is 0. The molecule has 0 aliphatic heterocycles. The van der Waals surface area contributed by atoms with Crippen molar-refractivity contribution in [2.45, 2.75) is 69.6 Å². The number of hydrogen-bond donors (Lipinski definition) is 3. The lowest BCUT2D eigenvalue weighted by atomic mass is 10.1. The zero-order valence-electron chi connectivity index (χ0n) is 17.6. The van der Waals surface area contributed by atoms with E-state index in [1.807, 2.05) is 18.2 Å². The van der Waals surface area contributed by atoms with E-state index in [1.54, 1.807) is 18.2 Å². The van der Waals surface area contributed by atoms with Crippen molar-refractivity contribution in [2.24, 2.45) is 0 Å². The molecule has 7 heteroatoms. The van der Waals surface area contributed by atoms with Gasteiger partial charge in [-0.1, -0.05) is 68.4 Å². The number of Topliss-reactive ketones (excluding diaryl/α,β-unsaturated/α-hetero) is 1. The van der Waals surface area contributed by atoms with E-state index < -0.39 is 29.1 Å². The molecule has 6 nitrogen and oxygen atoms in total. The van der Waals surface area contributed by atoms with Crippen molar-refractivity contribution in [1.29, 1.82) is 0 Å². The summed E-state index contributed by atoms with van der Waals surface area (Å²) in [4.78, 5) is 32.6. The number of hydrogen-bond acceptors (Lipinski definition) is 5. The molecule has 0 saturated heterocycles. The summed E-state index contributed by atoms with van der Waals surface area (Å²) in [6.07, 6.45) is 20.6. The Hall–Kier alpha value is -2.12. The number of aliphatic hydroxyl groups is 1. The van der Waals surface area contributed by atoms with Gasteiger partial charge < -0.3 is 15.3 Å². The Labute approximate surface area is 183 Å². The van der Waals surface area contributed by atoms with E-state index >= 15 is 0 Å². The van der Waals surface area contributed by atoms with E-state index in [4.69, 9.17) is 10.2 Å². The molecule has 168 valence electrons. The normalized spacial score (nSPS) is 14.2. The zero-order valence-corrected chi connectivity index (χ0v) is 18.4. The summed E-state index contributed by atoms with van der Waals surface area (Å²) in [5.41, 5.74) is 0. The van der Waals surface area contributed by atoms with Crippen LogP contribution in [0.15, 0.2) is 48.6 Å². The van der Waals surface area contributed by atoms with Crippen LogP contribution in [-0.4, -0.2) is 50.1 Å². The van der Waals surface area contributed by atoms with Crippen molar-refractivity contribution >= 4 is 29.5 Å².